The fourth-order valence-electron chi connectivity index (χ4n) is 4.37. The maximum absolute atomic E-state index is 6.41. The fraction of sp³-hybridized carbons (Fsp3) is 1.00. The minimum Gasteiger partial charge on any atom is -0.381 e. The van der Waals surface area contributed by atoms with Gasteiger partial charge in [-0.3, -0.25) is 0 Å². The molecular formula is C15H27NO2. The topological polar surface area (TPSA) is 44.5 Å². The molecule has 3 saturated carbocycles. The Morgan fingerprint density at radius 3 is 2.39 bits per heavy atom. The van der Waals surface area contributed by atoms with E-state index in [2.05, 4.69) is 0 Å². The summed E-state index contributed by atoms with van der Waals surface area (Å²) in [7, 11) is 1.82. The maximum Gasteiger partial charge on any atom is 0.0664 e. The molecule has 0 aromatic rings. The SMILES string of the molecule is COC1CCCC(OC2CC(N)C23CCCC3)C1. The van der Waals surface area contributed by atoms with Crippen molar-refractivity contribution in [3.8, 4) is 0 Å². The number of nitrogens with two attached hydrogens (primary N) is 1. The Morgan fingerprint density at radius 1 is 1.00 bits per heavy atom. The second kappa shape index (κ2) is 5.10. The van der Waals surface area contributed by atoms with Crippen molar-refractivity contribution in [3.63, 3.8) is 0 Å². The molecule has 4 unspecified atom stereocenters. The molecule has 3 rings (SSSR count). The molecule has 2 N–H and O–H groups in total. The van der Waals surface area contributed by atoms with Crippen LogP contribution in [0.3, 0.4) is 0 Å². The van der Waals surface area contributed by atoms with Crippen molar-refractivity contribution in [2.24, 2.45) is 11.1 Å². The summed E-state index contributed by atoms with van der Waals surface area (Å²) < 4.78 is 11.9. The van der Waals surface area contributed by atoms with Gasteiger partial charge in [-0.05, 0) is 44.9 Å². The molecule has 0 aliphatic heterocycles. The lowest BCUT2D eigenvalue weighted by Crippen LogP contribution is -2.61. The highest BCUT2D eigenvalue weighted by molar-refractivity contribution is 5.09. The second-order valence-corrected chi connectivity index (χ2v) is 6.55. The van der Waals surface area contributed by atoms with Gasteiger partial charge in [0.25, 0.3) is 0 Å². The van der Waals surface area contributed by atoms with Crippen molar-refractivity contribution in [2.75, 3.05) is 7.11 Å². The third kappa shape index (κ3) is 2.10. The van der Waals surface area contributed by atoms with Crippen LogP contribution in [-0.4, -0.2) is 31.5 Å². The normalized spacial score (nSPS) is 43.0. The molecule has 3 aliphatic carbocycles. The Morgan fingerprint density at radius 2 is 1.72 bits per heavy atom. The van der Waals surface area contributed by atoms with E-state index in [9.17, 15) is 0 Å². The summed E-state index contributed by atoms with van der Waals surface area (Å²) in [6.07, 6.45) is 12.4. The molecular weight excluding hydrogens is 226 g/mol. The molecule has 3 nitrogen and oxygen atoms in total. The van der Waals surface area contributed by atoms with Gasteiger partial charge in [-0.2, -0.15) is 0 Å². The predicted molar refractivity (Wildman–Crippen MR) is 71.4 cm³/mol. The molecule has 0 bridgehead atoms. The number of methoxy groups -OCH3 is 1. The smallest absolute Gasteiger partial charge is 0.0664 e. The van der Waals surface area contributed by atoms with E-state index in [-0.39, 0.29) is 0 Å². The molecule has 18 heavy (non-hydrogen) atoms. The highest BCUT2D eigenvalue weighted by atomic mass is 16.5. The average molecular weight is 253 g/mol. The Labute approximate surface area is 110 Å². The van der Waals surface area contributed by atoms with Crippen LogP contribution in [-0.2, 0) is 9.47 Å². The number of rotatable bonds is 3. The Kier molecular flexibility index (Phi) is 3.65. The third-order valence-electron chi connectivity index (χ3n) is 5.65. The van der Waals surface area contributed by atoms with Gasteiger partial charge in [0.05, 0.1) is 18.3 Å². The number of hydrogen-bond acceptors (Lipinski definition) is 3. The molecule has 3 heteroatoms. The van der Waals surface area contributed by atoms with Gasteiger partial charge in [0.15, 0.2) is 0 Å². The zero-order valence-electron chi connectivity index (χ0n) is 11.6. The first-order valence-electron chi connectivity index (χ1n) is 7.68. The van der Waals surface area contributed by atoms with Crippen LogP contribution >= 0.6 is 0 Å². The van der Waals surface area contributed by atoms with Crippen molar-refractivity contribution in [2.45, 2.75) is 82.1 Å². The van der Waals surface area contributed by atoms with Gasteiger partial charge in [0, 0.05) is 18.6 Å². The fourth-order valence-corrected chi connectivity index (χ4v) is 4.37. The van der Waals surface area contributed by atoms with E-state index < -0.39 is 0 Å². The van der Waals surface area contributed by atoms with Crippen molar-refractivity contribution in [3.05, 3.63) is 0 Å². The zero-order chi connectivity index (χ0) is 12.6. The molecule has 0 heterocycles. The van der Waals surface area contributed by atoms with Gasteiger partial charge in [-0.25, -0.2) is 0 Å². The van der Waals surface area contributed by atoms with Gasteiger partial charge < -0.3 is 15.2 Å². The first-order valence-corrected chi connectivity index (χ1v) is 7.68. The molecule has 0 radical (unpaired) electrons. The first kappa shape index (κ1) is 12.9. The molecule has 0 aromatic carbocycles. The van der Waals surface area contributed by atoms with E-state index in [1.54, 1.807) is 0 Å². The van der Waals surface area contributed by atoms with Crippen LogP contribution in [0.25, 0.3) is 0 Å². The highest BCUT2D eigenvalue weighted by Crippen LogP contribution is 2.54. The van der Waals surface area contributed by atoms with Crippen LogP contribution in [0, 0.1) is 5.41 Å². The molecule has 3 aliphatic rings. The van der Waals surface area contributed by atoms with Crippen molar-refractivity contribution in [1.29, 1.82) is 0 Å². The Balaban J connectivity index is 1.56. The Bertz CT molecular complexity index is 288. The Hall–Kier alpha value is -0.120. The molecule has 0 amide bonds. The molecule has 104 valence electrons. The standard InChI is InChI=1S/C15H27NO2/c1-17-11-5-4-6-12(9-11)18-14-10-13(16)15(14)7-2-3-8-15/h11-14H,2-10,16H2,1H3. The summed E-state index contributed by atoms with van der Waals surface area (Å²) in [5.41, 5.74) is 6.61. The van der Waals surface area contributed by atoms with Crippen LogP contribution in [0.4, 0.5) is 0 Å². The predicted octanol–water partition coefficient (Wildman–Crippen LogP) is 2.62. The van der Waals surface area contributed by atoms with Crippen LogP contribution in [0.1, 0.15) is 57.8 Å². The third-order valence-corrected chi connectivity index (χ3v) is 5.65. The molecule has 3 fully saturated rings. The summed E-state index contributed by atoms with van der Waals surface area (Å²) in [5, 5.41) is 0. The summed E-state index contributed by atoms with van der Waals surface area (Å²) in [6, 6.07) is 0.395. The van der Waals surface area contributed by atoms with Gasteiger partial charge in [0.2, 0.25) is 0 Å². The monoisotopic (exact) mass is 253 g/mol. The maximum atomic E-state index is 6.41. The summed E-state index contributed by atoms with van der Waals surface area (Å²) >= 11 is 0. The molecule has 4 atom stereocenters. The van der Waals surface area contributed by atoms with E-state index in [0.29, 0.717) is 29.8 Å². The largest absolute Gasteiger partial charge is 0.381 e. The van der Waals surface area contributed by atoms with Gasteiger partial charge in [-0.15, -0.1) is 0 Å². The van der Waals surface area contributed by atoms with E-state index in [1.807, 2.05) is 7.11 Å². The lowest BCUT2D eigenvalue weighted by molar-refractivity contribution is -0.167. The lowest BCUT2D eigenvalue weighted by atomic mass is 9.61. The van der Waals surface area contributed by atoms with E-state index >= 15 is 0 Å². The van der Waals surface area contributed by atoms with Crippen LogP contribution in [0.5, 0.6) is 0 Å². The van der Waals surface area contributed by atoms with E-state index in [0.717, 1.165) is 12.8 Å². The van der Waals surface area contributed by atoms with Crippen molar-refractivity contribution < 1.29 is 9.47 Å². The summed E-state index contributed by atoms with van der Waals surface area (Å²) in [6.45, 7) is 0. The van der Waals surface area contributed by atoms with Crippen LogP contribution < -0.4 is 5.73 Å². The highest BCUT2D eigenvalue weighted by Gasteiger charge is 2.55. The molecule has 0 saturated heterocycles. The van der Waals surface area contributed by atoms with Crippen LogP contribution in [0.15, 0.2) is 0 Å². The first-order chi connectivity index (χ1) is 8.74. The van der Waals surface area contributed by atoms with Gasteiger partial charge in [-0.1, -0.05) is 12.8 Å². The average Bonchev–Trinajstić information content (AvgIpc) is 2.91. The lowest BCUT2D eigenvalue weighted by Gasteiger charge is -2.53. The van der Waals surface area contributed by atoms with Crippen molar-refractivity contribution in [1.82, 2.24) is 0 Å². The number of hydrogen-bond donors (Lipinski definition) is 1. The number of ether oxygens (including phenoxy) is 2. The summed E-state index contributed by atoms with van der Waals surface area (Å²) in [4.78, 5) is 0. The van der Waals surface area contributed by atoms with E-state index in [1.165, 1.54) is 44.9 Å². The quantitative estimate of drug-likeness (QED) is 0.841. The van der Waals surface area contributed by atoms with Gasteiger partial charge in [0.1, 0.15) is 0 Å². The summed E-state index contributed by atoms with van der Waals surface area (Å²) in [5.74, 6) is 0. The molecule has 1 spiro atoms. The van der Waals surface area contributed by atoms with Crippen LogP contribution in [0.2, 0.25) is 0 Å². The molecule has 0 aromatic heterocycles. The van der Waals surface area contributed by atoms with E-state index in [4.69, 9.17) is 15.2 Å². The minimum absolute atomic E-state index is 0.347. The minimum atomic E-state index is 0.347. The second-order valence-electron chi connectivity index (χ2n) is 6.55. The van der Waals surface area contributed by atoms with Gasteiger partial charge >= 0.3 is 0 Å². The zero-order valence-corrected chi connectivity index (χ0v) is 11.6. The van der Waals surface area contributed by atoms with Crippen molar-refractivity contribution >= 4 is 0 Å².